The first kappa shape index (κ1) is 21.2. The summed E-state index contributed by atoms with van der Waals surface area (Å²) in [6.07, 6.45) is 15.0. The molecule has 0 spiro atoms. The molecule has 2 aliphatic heterocycles. The van der Waals surface area contributed by atoms with Gasteiger partial charge in [-0.15, -0.1) is 0 Å². The predicted octanol–water partition coefficient (Wildman–Crippen LogP) is 6.00. The maximum absolute atomic E-state index is 13.1. The molecule has 0 aromatic heterocycles. The third-order valence-corrected chi connectivity index (χ3v) is 6.23. The van der Waals surface area contributed by atoms with Crippen LogP contribution in [0.2, 0.25) is 0 Å². The van der Waals surface area contributed by atoms with Crippen molar-refractivity contribution in [1.29, 1.82) is 0 Å². The number of Topliss-reactive ketones (excluding diaryl/α,β-unsaturated/α-hetero) is 1. The van der Waals surface area contributed by atoms with Crippen molar-refractivity contribution in [3.05, 3.63) is 108 Å². The quantitative estimate of drug-likeness (QED) is 0.546. The molecule has 2 aromatic carbocycles. The highest BCUT2D eigenvalue weighted by Crippen LogP contribution is 2.56. The SMILES string of the molecule is CC1(C)C(=O)[C@H]2O[C@]1(C)OC2(/C=C/C=C/c1ccccc1)/C=C/C=C/c1ccccc1. The zero-order valence-electron chi connectivity index (χ0n) is 18.2. The van der Waals surface area contributed by atoms with E-state index in [1.807, 2.05) is 130 Å². The summed E-state index contributed by atoms with van der Waals surface area (Å²) in [5.41, 5.74) is 0.583. The van der Waals surface area contributed by atoms with Crippen LogP contribution in [-0.2, 0) is 14.3 Å². The molecule has 2 saturated heterocycles. The summed E-state index contributed by atoms with van der Waals surface area (Å²) < 4.78 is 12.6. The number of rotatable bonds is 6. The van der Waals surface area contributed by atoms with Crippen LogP contribution in [0, 0.1) is 5.41 Å². The van der Waals surface area contributed by atoms with Gasteiger partial charge in [-0.2, -0.15) is 0 Å². The number of benzene rings is 2. The van der Waals surface area contributed by atoms with E-state index < -0.39 is 22.9 Å². The van der Waals surface area contributed by atoms with E-state index in [4.69, 9.17) is 9.47 Å². The summed E-state index contributed by atoms with van der Waals surface area (Å²) in [5, 5.41) is 0. The summed E-state index contributed by atoms with van der Waals surface area (Å²) in [6, 6.07) is 20.1. The molecule has 0 saturated carbocycles. The number of carbonyl (C=O) groups is 1. The van der Waals surface area contributed by atoms with E-state index in [2.05, 4.69) is 0 Å². The van der Waals surface area contributed by atoms with Crippen molar-refractivity contribution in [2.24, 2.45) is 5.41 Å². The van der Waals surface area contributed by atoms with Crippen molar-refractivity contribution in [1.82, 2.24) is 0 Å². The van der Waals surface area contributed by atoms with Crippen molar-refractivity contribution in [2.75, 3.05) is 0 Å². The van der Waals surface area contributed by atoms with Crippen molar-refractivity contribution < 1.29 is 14.3 Å². The number of ether oxygens (including phenoxy) is 2. The second-order valence-electron chi connectivity index (χ2n) is 8.65. The maximum atomic E-state index is 13.1. The van der Waals surface area contributed by atoms with Crippen LogP contribution < -0.4 is 0 Å². The summed E-state index contributed by atoms with van der Waals surface area (Å²) in [7, 11) is 0. The van der Waals surface area contributed by atoms with Crippen molar-refractivity contribution in [2.45, 2.75) is 38.3 Å². The number of ketones is 1. The third kappa shape index (κ3) is 3.99. The Hall–Kier alpha value is -3.01. The zero-order valence-corrected chi connectivity index (χ0v) is 18.2. The lowest BCUT2D eigenvalue weighted by Gasteiger charge is -2.40. The molecule has 2 bridgehead atoms. The molecule has 2 fully saturated rings. The fraction of sp³-hybridized carbons (Fsp3) is 0.250. The normalized spacial score (nSPS) is 26.8. The molecule has 3 heteroatoms. The van der Waals surface area contributed by atoms with Crippen LogP contribution in [-0.4, -0.2) is 23.3 Å². The molecule has 0 N–H and O–H groups in total. The van der Waals surface area contributed by atoms with E-state index >= 15 is 0 Å². The number of hydrogen-bond acceptors (Lipinski definition) is 3. The lowest BCUT2D eigenvalue weighted by molar-refractivity contribution is -0.206. The highest BCUT2D eigenvalue weighted by Gasteiger charge is 2.71. The Morgan fingerprint density at radius 2 is 1.23 bits per heavy atom. The van der Waals surface area contributed by atoms with Gasteiger partial charge in [0.05, 0.1) is 5.41 Å². The molecular weight excluding hydrogens is 384 g/mol. The summed E-state index contributed by atoms with van der Waals surface area (Å²) in [4.78, 5) is 13.1. The lowest BCUT2D eigenvalue weighted by atomic mass is 9.74. The van der Waals surface area contributed by atoms with Crippen molar-refractivity contribution >= 4 is 17.9 Å². The van der Waals surface area contributed by atoms with Gasteiger partial charge in [-0.3, -0.25) is 4.79 Å². The zero-order chi connectivity index (χ0) is 22.0. The van der Waals surface area contributed by atoms with Crippen LogP contribution in [0.5, 0.6) is 0 Å². The molecule has 158 valence electrons. The Kier molecular flexibility index (Phi) is 5.65. The Bertz CT molecular complexity index is 985. The number of fused-ring (bicyclic) bond motifs is 2. The Morgan fingerprint density at radius 3 is 1.65 bits per heavy atom. The molecule has 3 nitrogen and oxygen atoms in total. The van der Waals surface area contributed by atoms with Gasteiger partial charge in [-0.25, -0.2) is 0 Å². The molecule has 4 rings (SSSR count). The van der Waals surface area contributed by atoms with Crippen LogP contribution in [0.4, 0.5) is 0 Å². The van der Waals surface area contributed by atoms with Gasteiger partial charge < -0.3 is 9.47 Å². The molecule has 0 amide bonds. The topological polar surface area (TPSA) is 35.5 Å². The van der Waals surface area contributed by atoms with E-state index in [1.54, 1.807) is 0 Å². The summed E-state index contributed by atoms with van der Waals surface area (Å²) in [6.45, 7) is 5.63. The second kappa shape index (κ2) is 8.26. The molecule has 2 aliphatic rings. The molecule has 0 radical (unpaired) electrons. The third-order valence-electron chi connectivity index (χ3n) is 6.23. The van der Waals surface area contributed by atoms with Gasteiger partial charge >= 0.3 is 0 Å². The Labute approximate surface area is 184 Å². The van der Waals surface area contributed by atoms with Gasteiger partial charge in [0.15, 0.2) is 17.7 Å². The van der Waals surface area contributed by atoms with Gasteiger partial charge in [-0.1, -0.05) is 97.1 Å². The molecule has 0 aliphatic carbocycles. The smallest absolute Gasteiger partial charge is 0.180 e. The number of hydrogen-bond donors (Lipinski definition) is 0. The van der Waals surface area contributed by atoms with E-state index in [0.29, 0.717) is 0 Å². The molecular formula is C28H28O3. The van der Waals surface area contributed by atoms with Crippen molar-refractivity contribution in [3.63, 3.8) is 0 Å². The van der Waals surface area contributed by atoms with Gasteiger partial charge in [0.1, 0.15) is 5.60 Å². The minimum absolute atomic E-state index is 0.0645. The second-order valence-corrected chi connectivity index (χ2v) is 8.65. The van der Waals surface area contributed by atoms with Crippen molar-refractivity contribution in [3.8, 4) is 0 Å². The van der Waals surface area contributed by atoms with E-state index in [-0.39, 0.29) is 5.78 Å². The first-order chi connectivity index (χ1) is 14.9. The number of carbonyl (C=O) groups excluding carboxylic acids is 1. The first-order valence-electron chi connectivity index (χ1n) is 10.6. The van der Waals surface area contributed by atoms with Crippen LogP contribution >= 0.6 is 0 Å². The van der Waals surface area contributed by atoms with Crippen LogP contribution in [0.1, 0.15) is 31.9 Å². The highest BCUT2D eigenvalue weighted by atomic mass is 16.8. The first-order valence-corrected chi connectivity index (χ1v) is 10.6. The standard InChI is InChI=1S/C28H28O3/c1-26(2)24(29)25-28(31-27(26,3)30-25,20-12-10-18-22-14-6-4-7-15-22)21-13-11-19-23-16-8-5-9-17-23/h4-21,25H,1-3H3/b18-10+,19-11+,20-12+,21-13+/t25-,27-/m1/s1. The van der Waals surface area contributed by atoms with Crippen LogP contribution in [0.3, 0.4) is 0 Å². The molecule has 0 unspecified atom stereocenters. The van der Waals surface area contributed by atoms with Crippen LogP contribution in [0.25, 0.3) is 12.2 Å². The fourth-order valence-corrected chi connectivity index (χ4v) is 3.99. The molecule has 2 aromatic rings. The average Bonchev–Trinajstić information content (AvgIpc) is 3.17. The van der Waals surface area contributed by atoms with Crippen LogP contribution in [0.15, 0.2) is 97.1 Å². The molecule has 2 atom stereocenters. The van der Waals surface area contributed by atoms with Gasteiger partial charge in [0, 0.05) is 0 Å². The summed E-state index contributed by atoms with van der Waals surface area (Å²) in [5.74, 6) is -0.898. The van der Waals surface area contributed by atoms with Gasteiger partial charge in [0.2, 0.25) is 0 Å². The summed E-state index contributed by atoms with van der Waals surface area (Å²) >= 11 is 0. The minimum atomic E-state index is -0.963. The highest BCUT2D eigenvalue weighted by molar-refractivity contribution is 5.94. The Morgan fingerprint density at radius 1 is 0.742 bits per heavy atom. The van der Waals surface area contributed by atoms with E-state index in [9.17, 15) is 4.79 Å². The minimum Gasteiger partial charge on any atom is -0.334 e. The largest absolute Gasteiger partial charge is 0.334 e. The average molecular weight is 413 g/mol. The Balaban J connectivity index is 1.60. The van der Waals surface area contributed by atoms with Gasteiger partial charge in [0.25, 0.3) is 0 Å². The maximum Gasteiger partial charge on any atom is 0.180 e. The fourth-order valence-electron chi connectivity index (χ4n) is 3.99. The van der Waals surface area contributed by atoms with E-state index in [1.165, 1.54) is 0 Å². The van der Waals surface area contributed by atoms with Gasteiger partial charge in [-0.05, 0) is 44.1 Å². The molecule has 2 heterocycles. The predicted molar refractivity (Wildman–Crippen MR) is 125 cm³/mol. The van der Waals surface area contributed by atoms with E-state index in [0.717, 1.165) is 11.1 Å². The molecule has 31 heavy (non-hydrogen) atoms. The lowest BCUT2D eigenvalue weighted by Crippen LogP contribution is -2.55. The monoisotopic (exact) mass is 412 g/mol. The number of allylic oxidation sites excluding steroid dienone is 4.